The van der Waals surface area contributed by atoms with Crippen molar-refractivity contribution in [2.75, 3.05) is 6.54 Å². The number of aromatic hydroxyl groups is 1. The Bertz CT molecular complexity index is 472. The van der Waals surface area contributed by atoms with Gasteiger partial charge >= 0.3 is 6.09 Å². The number of benzene rings is 1. The molecule has 0 fully saturated rings. The fraction of sp³-hybridized carbons (Fsp3) is 0.500. The lowest BCUT2D eigenvalue weighted by atomic mass is 10.1. The molecule has 1 rings (SSSR count). The molecule has 0 saturated carbocycles. The second kappa shape index (κ2) is 6.56. The molecule has 0 aliphatic heterocycles. The summed E-state index contributed by atoms with van der Waals surface area (Å²) < 4.78 is 18.6. The molecule has 112 valence electrons. The fourth-order valence-electron chi connectivity index (χ4n) is 1.59. The highest BCUT2D eigenvalue weighted by atomic mass is 19.1. The lowest BCUT2D eigenvalue weighted by Gasteiger charge is -2.20. The number of nitrogens with one attached hydrogen (secondary N) is 1. The van der Waals surface area contributed by atoms with Gasteiger partial charge in [-0.05, 0) is 38.8 Å². The molecule has 1 atom stereocenters. The molecule has 0 spiro atoms. The molecule has 0 heterocycles. The number of phenols is 1. The maximum absolute atomic E-state index is 13.5. The normalized spacial score (nSPS) is 12.8. The van der Waals surface area contributed by atoms with Gasteiger partial charge in [0.05, 0.1) is 0 Å². The van der Waals surface area contributed by atoms with Crippen LogP contribution in [-0.4, -0.2) is 29.4 Å². The van der Waals surface area contributed by atoms with Crippen LogP contribution in [0.3, 0.4) is 0 Å². The first-order chi connectivity index (χ1) is 9.17. The minimum absolute atomic E-state index is 0.133. The Morgan fingerprint density at radius 3 is 2.70 bits per heavy atom. The average molecular weight is 284 g/mol. The molecule has 0 saturated heterocycles. The van der Waals surface area contributed by atoms with Gasteiger partial charge in [-0.1, -0.05) is 6.07 Å². The molecule has 1 aromatic carbocycles. The summed E-state index contributed by atoms with van der Waals surface area (Å²) >= 11 is 0. The number of hydrogen-bond donors (Lipinski definition) is 3. The van der Waals surface area contributed by atoms with E-state index in [-0.39, 0.29) is 18.7 Å². The fourth-order valence-corrected chi connectivity index (χ4v) is 1.59. The van der Waals surface area contributed by atoms with Crippen LogP contribution in [0.1, 0.15) is 26.3 Å². The number of amides is 1. The zero-order valence-electron chi connectivity index (χ0n) is 11.9. The van der Waals surface area contributed by atoms with Gasteiger partial charge in [0, 0.05) is 18.7 Å². The van der Waals surface area contributed by atoms with Crippen molar-refractivity contribution in [2.24, 2.45) is 5.73 Å². The van der Waals surface area contributed by atoms with Crippen LogP contribution in [-0.2, 0) is 11.2 Å². The van der Waals surface area contributed by atoms with Crippen molar-refractivity contribution in [1.29, 1.82) is 0 Å². The van der Waals surface area contributed by atoms with Crippen LogP contribution in [0.5, 0.6) is 5.75 Å². The second-order valence-corrected chi connectivity index (χ2v) is 5.62. The topological polar surface area (TPSA) is 84.6 Å². The zero-order chi connectivity index (χ0) is 15.3. The first-order valence-corrected chi connectivity index (χ1v) is 6.37. The van der Waals surface area contributed by atoms with E-state index >= 15 is 0 Å². The van der Waals surface area contributed by atoms with Gasteiger partial charge in [0.2, 0.25) is 0 Å². The number of phenolic OH excluding ortho intramolecular Hbond substituents is 1. The molecular weight excluding hydrogens is 263 g/mol. The van der Waals surface area contributed by atoms with Crippen molar-refractivity contribution in [3.63, 3.8) is 0 Å². The molecule has 0 aromatic heterocycles. The highest BCUT2D eigenvalue weighted by Crippen LogP contribution is 2.16. The number of alkyl carbamates (subject to hydrolysis) is 1. The number of nitrogens with two attached hydrogens (primary N) is 1. The summed E-state index contributed by atoms with van der Waals surface area (Å²) in [4.78, 5) is 11.4. The second-order valence-electron chi connectivity index (χ2n) is 5.62. The molecule has 20 heavy (non-hydrogen) atoms. The summed E-state index contributed by atoms with van der Waals surface area (Å²) in [5.41, 5.74) is 5.64. The Labute approximate surface area is 117 Å². The Balaban J connectivity index is 2.44. The van der Waals surface area contributed by atoms with E-state index in [4.69, 9.17) is 15.6 Å². The van der Waals surface area contributed by atoms with Gasteiger partial charge in [-0.2, -0.15) is 0 Å². The molecule has 0 radical (unpaired) electrons. The van der Waals surface area contributed by atoms with Crippen LogP contribution in [0.2, 0.25) is 0 Å². The van der Waals surface area contributed by atoms with Gasteiger partial charge in [-0.15, -0.1) is 0 Å². The molecule has 6 heteroatoms. The standard InChI is InChI=1S/C14H21FN2O3/c1-14(2,3)20-13(19)17-8-10(16)6-9-4-5-11(18)7-12(9)15/h4-5,7,10,18H,6,8,16H2,1-3H3,(H,17,19). The van der Waals surface area contributed by atoms with Gasteiger partial charge < -0.3 is 20.9 Å². The largest absolute Gasteiger partial charge is 0.508 e. The third kappa shape index (κ3) is 5.88. The Hall–Kier alpha value is -1.82. The molecular formula is C14H21FN2O3. The van der Waals surface area contributed by atoms with Crippen LogP contribution in [0, 0.1) is 5.82 Å². The molecule has 1 unspecified atom stereocenters. The number of halogens is 1. The van der Waals surface area contributed by atoms with Gasteiger partial charge in [0.15, 0.2) is 0 Å². The zero-order valence-corrected chi connectivity index (χ0v) is 11.9. The van der Waals surface area contributed by atoms with Gasteiger partial charge in [-0.3, -0.25) is 0 Å². The SMILES string of the molecule is CC(C)(C)OC(=O)NCC(N)Cc1ccc(O)cc1F. The van der Waals surface area contributed by atoms with Crippen molar-refractivity contribution < 1.29 is 19.0 Å². The Kier molecular flexibility index (Phi) is 5.33. The van der Waals surface area contributed by atoms with E-state index in [0.29, 0.717) is 5.56 Å². The van der Waals surface area contributed by atoms with E-state index in [0.717, 1.165) is 6.07 Å². The van der Waals surface area contributed by atoms with Gasteiger partial charge in [-0.25, -0.2) is 9.18 Å². The highest BCUT2D eigenvalue weighted by Gasteiger charge is 2.17. The predicted molar refractivity (Wildman–Crippen MR) is 74.0 cm³/mol. The van der Waals surface area contributed by atoms with Crippen molar-refractivity contribution in [3.05, 3.63) is 29.6 Å². The molecule has 0 aliphatic rings. The van der Waals surface area contributed by atoms with E-state index in [9.17, 15) is 9.18 Å². The predicted octanol–water partition coefficient (Wildman–Crippen LogP) is 1.93. The van der Waals surface area contributed by atoms with Crippen LogP contribution in [0.15, 0.2) is 18.2 Å². The number of ether oxygens (including phenoxy) is 1. The lowest BCUT2D eigenvalue weighted by molar-refractivity contribution is 0.0524. The molecule has 1 aromatic rings. The Morgan fingerprint density at radius 2 is 2.15 bits per heavy atom. The number of carbonyl (C=O) groups is 1. The monoisotopic (exact) mass is 284 g/mol. The number of rotatable bonds is 4. The number of hydrogen-bond acceptors (Lipinski definition) is 4. The molecule has 0 bridgehead atoms. The molecule has 1 amide bonds. The van der Waals surface area contributed by atoms with E-state index in [1.807, 2.05) is 0 Å². The third-order valence-corrected chi connectivity index (χ3v) is 2.43. The average Bonchev–Trinajstić information content (AvgIpc) is 2.28. The van der Waals surface area contributed by atoms with E-state index in [2.05, 4.69) is 5.32 Å². The van der Waals surface area contributed by atoms with Crippen molar-refractivity contribution in [2.45, 2.75) is 38.8 Å². The van der Waals surface area contributed by atoms with Crippen LogP contribution < -0.4 is 11.1 Å². The minimum Gasteiger partial charge on any atom is -0.508 e. The maximum Gasteiger partial charge on any atom is 0.407 e. The lowest BCUT2D eigenvalue weighted by Crippen LogP contribution is -2.41. The quantitative estimate of drug-likeness (QED) is 0.788. The minimum atomic E-state index is -0.572. The summed E-state index contributed by atoms with van der Waals surface area (Å²) in [6.45, 7) is 5.46. The van der Waals surface area contributed by atoms with Crippen molar-refractivity contribution in [3.8, 4) is 5.75 Å². The van der Waals surface area contributed by atoms with Gasteiger partial charge in [0.25, 0.3) is 0 Å². The summed E-state index contributed by atoms with van der Waals surface area (Å²) in [5, 5.41) is 11.6. The van der Waals surface area contributed by atoms with Crippen LogP contribution in [0.25, 0.3) is 0 Å². The third-order valence-electron chi connectivity index (χ3n) is 2.43. The van der Waals surface area contributed by atoms with E-state index < -0.39 is 23.6 Å². The maximum atomic E-state index is 13.5. The van der Waals surface area contributed by atoms with Crippen LogP contribution in [0.4, 0.5) is 9.18 Å². The van der Waals surface area contributed by atoms with Gasteiger partial charge in [0.1, 0.15) is 17.2 Å². The molecule has 0 aliphatic carbocycles. The smallest absolute Gasteiger partial charge is 0.407 e. The van der Waals surface area contributed by atoms with Crippen molar-refractivity contribution in [1.82, 2.24) is 5.32 Å². The number of carbonyl (C=O) groups excluding carboxylic acids is 1. The summed E-state index contributed by atoms with van der Waals surface area (Å²) in [6.07, 6.45) is -0.304. The Morgan fingerprint density at radius 1 is 1.50 bits per heavy atom. The molecule has 5 nitrogen and oxygen atoms in total. The highest BCUT2D eigenvalue weighted by molar-refractivity contribution is 5.67. The van der Waals surface area contributed by atoms with E-state index in [1.54, 1.807) is 20.8 Å². The first-order valence-electron chi connectivity index (χ1n) is 6.37. The summed E-state index contributed by atoms with van der Waals surface area (Å²) in [7, 11) is 0. The molecule has 4 N–H and O–H groups in total. The first kappa shape index (κ1) is 16.2. The van der Waals surface area contributed by atoms with E-state index in [1.165, 1.54) is 12.1 Å². The summed E-state index contributed by atoms with van der Waals surface area (Å²) in [6, 6.07) is 3.45. The van der Waals surface area contributed by atoms with Crippen LogP contribution >= 0.6 is 0 Å². The van der Waals surface area contributed by atoms with Crippen molar-refractivity contribution >= 4 is 6.09 Å². The summed E-state index contributed by atoms with van der Waals surface area (Å²) in [5.74, 6) is -0.649.